The first kappa shape index (κ1) is 26.1. The zero-order valence-electron chi connectivity index (χ0n) is 24.1. The van der Waals surface area contributed by atoms with E-state index in [0.717, 1.165) is 32.8 Å². The van der Waals surface area contributed by atoms with Gasteiger partial charge in [0, 0.05) is 40.4 Å². The van der Waals surface area contributed by atoms with Crippen LogP contribution in [0.5, 0.6) is 0 Å². The van der Waals surface area contributed by atoms with Crippen LogP contribution in [0, 0.1) is 0 Å². The molecule has 0 N–H and O–H groups in total. The number of rotatable bonds is 6. The molecule has 0 spiro atoms. The number of nitrogens with zero attached hydrogens (tertiary/aromatic N) is 3. The van der Waals surface area contributed by atoms with Crippen molar-refractivity contribution in [3.63, 3.8) is 0 Å². The summed E-state index contributed by atoms with van der Waals surface area (Å²) >= 11 is 0. The van der Waals surface area contributed by atoms with E-state index in [4.69, 9.17) is 4.98 Å². The van der Waals surface area contributed by atoms with Crippen molar-refractivity contribution in [2.45, 2.75) is 0 Å². The molecule has 4 heteroatoms. The summed E-state index contributed by atoms with van der Waals surface area (Å²) in [6.45, 7) is 0. The lowest BCUT2D eigenvalue weighted by Gasteiger charge is -2.33. The molecular formula is C40H29N3Si. The third kappa shape index (κ3) is 4.19. The first-order valence-corrected chi connectivity index (χ1v) is 16.9. The standard InChI is InChI=1S/C40H29N3Si/c1-5-13-30(14-6-1)31-21-23-35(24-22-31)44(33-17-9-3-10-18-33,34-19-11-4-12-20-34)40-27-39-37(29-42-40)36-28-41-26-25-38(36)43(39)32-15-7-2-8-16-32/h1-29H. The molecule has 3 heterocycles. The van der Waals surface area contributed by atoms with Crippen LogP contribution in [-0.2, 0) is 0 Å². The molecular weight excluding hydrogens is 551 g/mol. The van der Waals surface area contributed by atoms with Gasteiger partial charge in [-0.05, 0) is 51.0 Å². The van der Waals surface area contributed by atoms with Gasteiger partial charge in [-0.1, -0.05) is 133 Å². The third-order valence-electron chi connectivity index (χ3n) is 8.69. The molecule has 0 radical (unpaired) electrons. The predicted molar refractivity (Wildman–Crippen MR) is 185 cm³/mol. The van der Waals surface area contributed by atoms with Gasteiger partial charge >= 0.3 is 0 Å². The average Bonchev–Trinajstić information content (AvgIpc) is 3.44. The average molecular weight is 580 g/mol. The molecule has 0 bridgehead atoms. The fourth-order valence-corrected chi connectivity index (χ4v) is 11.2. The molecule has 0 saturated carbocycles. The molecule has 3 nitrogen and oxygen atoms in total. The molecule has 0 saturated heterocycles. The Morgan fingerprint density at radius 2 is 0.977 bits per heavy atom. The summed E-state index contributed by atoms with van der Waals surface area (Å²) in [4.78, 5) is 9.85. The van der Waals surface area contributed by atoms with Crippen LogP contribution in [0.4, 0.5) is 0 Å². The molecule has 44 heavy (non-hydrogen) atoms. The van der Waals surface area contributed by atoms with E-state index in [1.54, 1.807) is 0 Å². The van der Waals surface area contributed by atoms with Crippen LogP contribution in [0.25, 0.3) is 38.6 Å². The quantitative estimate of drug-likeness (QED) is 0.164. The number of pyridine rings is 2. The largest absolute Gasteiger partial charge is 0.309 e. The molecule has 0 fully saturated rings. The number of aromatic nitrogens is 3. The van der Waals surface area contributed by atoms with Gasteiger partial charge in [0.15, 0.2) is 0 Å². The summed E-state index contributed by atoms with van der Waals surface area (Å²) in [6, 6.07) is 56.8. The van der Waals surface area contributed by atoms with Gasteiger partial charge in [-0.15, -0.1) is 0 Å². The Kier molecular flexibility index (Phi) is 6.47. The summed E-state index contributed by atoms with van der Waals surface area (Å²) in [7, 11) is -2.85. The summed E-state index contributed by atoms with van der Waals surface area (Å²) in [5, 5.41) is 7.20. The van der Waals surface area contributed by atoms with Crippen molar-refractivity contribution < 1.29 is 0 Å². The fourth-order valence-electron chi connectivity index (χ4n) is 6.68. The Bertz CT molecular complexity index is 2150. The molecule has 0 aliphatic heterocycles. The van der Waals surface area contributed by atoms with Gasteiger partial charge in [-0.3, -0.25) is 9.97 Å². The highest BCUT2D eigenvalue weighted by Crippen LogP contribution is 2.31. The van der Waals surface area contributed by atoms with E-state index in [2.05, 4.69) is 173 Å². The third-order valence-corrected chi connectivity index (χ3v) is 13.3. The number of para-hydroxylation sites is 1. The lowest BCUT2D eigenvalue weighted by atomic mass is 10.1. The fraction of sp³-hybridized carbons (Fsp3) is 0. The van der Waals surface area contributed by atoms with Crippen molar-refractivity contribution in [2.75, 3.05) is 0 Å². The van der Waals surface area contributed by atoms with Crippen LogP contribution in [0.15, 0.2) is 176 Å². The second-order valence-electron chi connectivity index (χ2n) is 11.1. The van der Waals surface area contributed by atoms with Gasteiger partial charge in [0.05, 0.1) is 11.0 Å². The Balaban J connectivity index is 1.46. The lowest BCUT2D eigenvalue weighted by molar-refractivity contribution is 1.17. The minimum Gasteiger partial charge on any atom is -0.309 e. The molecule has 5 aromatic carbocycles. The van der Waals surface area contributed by atoms with Gasteiger partial charge < -0.3 is 4.57 Å². The van der Waals surface area contributed by atoms with Crippen molar-refractivity contribution >= 4 is 50.8 Å². The molecule has 8 rings (SSSR count). The molecule has 3 aromatic heterocycles. The second kappa shape index (κ2) is 10.9. The monoisotopic (exact) mass is 579 g/mol. The van der Waals surface area contributed by atoms with Crippen molar-refractivity contribution in [2.24, 2.45) is 0 Å². The Labute approximate surface area is 257 Å². The maximum Gasteiger partial charge on any atom is 0.201 e. The molecule has 0 unspecified atom stereocenters. The molecule has 0 amide bonds. The zero-order valence-corrected chi connectivity index (χ0v) is 25.1. The molecule has 8 aromatic rings. The highest BCUT2D eigenvalue weighted by Gasteiger charge is 2.43. The molecule has 208 valence electrons. The lowest BCUT2D eigenvalue weighted by Crippen LogP contribution is -2.75. The summed E-state index contributed by atoms with van der Waals surface area (Å²) in [5.74, 6) is 0. The van der Waals surface area contributed by atoms with Crippen molar-refractivity contribution in [1.29, 1.82) is 0 Å². The molecule has 0 aliphatic carbocycles. The summed E-state index contributed by atoms with van der Waals surface area (Å²) in [5.41, 5.74) is 5.80. The van der Waals surface area contributed by atoms with Gasteiger partial charge in [-0.25, -0.2) is 0 Å². The minimum atomic E-state index is -2.85. The van der Waals surface area contributed by atoms with E-state index < -0.39 is 8.07 Å². The van der Waals surface area contributed by atoms with Crippen LogP contribution in [-0.4, -0.2) is 22.6 Å². The number of hydrogen-bond acceptors (Lipinski definition) is 2. The highest BCUT2D eigenvalue weighted by molar-refractivity contribution is 7.19. The Morgan fingerprint density at radius 1 is 0.455 bits per heavy atom. The summed E-state index contributed by atoms with van der Waals surface area (Å²) in [6.07, 6.45) is 5.90. The van der Waals surface area contributed by atoms with E-state index in [-0.39, 0.29) is 0 Å². The SMILES string of the molecule is c1ccc(-c2ccc([Si](c3ccccc3)(c3ccccc3)c3cc4c(cn3)c3cnccc3n4-c3ccccc3)cc2)cc1. The van der Waals surface area contributed by atoms with Crippen LogP contribution in [0.2, 0.25) is 0 Å². The first-order valence-electron chi connectivity index (χ1n) is 14.9. The van der Waals surface area contributed by atoms with Crippen LogP contribution in [0.1, 0.15) is 0 Å². The van der Waals surface area contributed by atoms with E-state index in [0.29, 0.717) is 0 Å². The van der Waals surface area contributed by atoms with Gasteiger partial charge in [-0.2, -0.15) is 0 Å². The van der Waals surface area contributed by atoms with Gasteiger partial charge in [0.25, 0.3) is 0 Å². The normalized spacial score (nSPS) is 11.6. The number of fused-ring (bicyclic) bond motifs is 3. The number of hydrogen-bond donors (Lipinski definition) is 0. The van der Waals surface area contributed by atoms with E-state index >= 15 is 0 Å². The predicted octanol–water partition coefficient (Wildman–Crippen LogP) is 6.62. The van der Waals surface area contributed by atoms with Crippen molar-refractivity contribution in [3.8, 4) is 16.8 Å². The Hall–Kier alpha value is -5.58. The van der Waals surface area contributed by atoms with E-state index in [1.165, 1.54) is 26.7 Å². The maximum atomic E-state index is 5.37. The van der Waals surface area contributed by atoms with Crippen LogP contribution in [0.3, 0.4) is 0 Å². The smallest absolute Gasteiger partial charge is 0.201 e. The summed E-state index contributed by atoms with van der Waals surface area (Å²) < 4.78 is 2.35. The van der Waals surface area contributed by atoms with E-state index in [1.807, 2.05) is 12.4 Å². The topological polar surface area (TPSA) is 30.7 Å². The minimum absolute atomic E-state index is 1.10. The van der Waals surface area contributed by atoms with Gasteiger partial charge in [0.2, 0.25) is 8.07 Å². The molecule has 0 atom stereocenters. The Morgan fingerprint density at radius 3 is 1.61 bits per heavy atom. The number of benzene rings is 5. The first-order chi connectivity index (χ1) is 21.8. The van der Waals surface area contributed by atoms with Crippen LogP contribution < -0.4 is 20.9 Å². The van der Waals surface area contributed by atoms with E-state index in [9.17, 15) is 0 Å². The second-order valence-corrected chi connectivity index (χ2v) is 14.8. The highest BCUT2D eigenvalue weighted by atomic mass is 28.3. The van der Waals surface area contributed by atoms with Crippen molar-refractivity contribution in [3.05, 3.63) is 176 Å². The van der Waals surface area contributed by atoms with Crippen LogP contribution >= 0.6 is 0 Å². The maximum absolute atomic E-state index is 5.37. The van der Waals surface area contributed by atoms with Gasteiger partial charge in [0.1, 0.15) is 0 Å². The zero-order chi connectivity index (χ0) is 29.3. The van der Waals surface area contributed by atoms with Crippen molar-refractivity contribution in [1.82, 2.24) is 14.5 Å². The molecule has 0 aliphatic rings.